The van der Waals surface area contributed by atoms with Crippen molar-refractivity contribution < 1.29 is 18.8 Å². The van der Waals surface area contributed by atoms with Crippen molar-refractivity contribution in [3.63, 3.8) is 0 Å². The van der Waals surface area contributed by atoms with Crippen molar-refractivity contribution in [3.8, 4) is 0 Å². The normalized spacial score (nSPS) is 18.7. The van der Waals surface area contributed by atoms with E-state index >= 15 is 0 Å². The average Bonchev–Trinajstić information content (AvgIpc) is 3.23. The Morgan fingerprint density at radius 2 is 1.72 bits per heavy atom. The van der Waals surface area contributed by atoms with Crippen molar-refractivity contribution in [2.24, 2.45) is 0 Å². The van der Waals surface area contributed by atoms with Gasteiger partial charge in [0.1, 0.15) is 18.4 Å². The number of amides is 3. The minimum Gasteiger partial charge on any atom is -0.348 e. The van der Waals surface area contributed by atoms with E-state index < -0.39 is 0 Å². The quantitative estimate of drug-likeness (QED) is 0.843. The van der Waals surface area contributed by atoms with E-state index in [1.54, 1.807) is 46.2 Å². The molecule has 2 aliphatic heterocycles. The Bertz CT molecular complexity index is 927. The van der Waals surface area contributed by atoms with Crippen LogP contribution in [0.2, 0.25) is 0 Å². The molecule has 3 amide bonds. The van der Waals surface area contributed by atoms with Crippen LogP contribution in [-0.4, -0.2) is 46.7 Å². The number of hydrogen-bond acceptors (Lipinski definition) is 3. The molecule has 0 aliphatic carbocycles. The summed E-state index contributed by atoms with van der Waals surface area (Å²) in [5.41, 5.74) is 2.18. The molecule has 0 aromatic heterocycles. The lowest BCUT2D eigenvalue weighted by Crippen LogP contribution is -2.56. The molecule has 1 unspecified atom stereocenters. The zero-order valence-corrected chi connectivity index (χ0v) is 15.9. The van der Waals surface area contributed by atoms with Gasteiger partial charge in [-0.3, -0.25) is 14.4 Å². The zero-order valence-electron chi connectivity index (χ0n) is 15.9. The highest BCUT2D eigenvalue weighted by molar-refractivity contribution is 5.95. The minimum absolute atomic E-state index is 0.00298. The van der Waals surface area contributed by atoms with Gasteiger partial charge in [0.15, 0.2) is 0 Å². The maximum Gasteiger partial charge on any atom is 0.251 e. The lowest BCUT2D eigenvalue weighted by molar-refractivity contribution is -0.154. The van der Waals surface area contributed by atoms with Crippen molar-refractivity contribution in [2.75, 3.05) is 13.1 Å². The summed E-state index contributed by atoms with van der Waals surface area (Å²) in [6.45, 7) is 1.44. The fraction of sp³-hybridized carbons (Fsp3) is 0.318. The van der Waals surface area contributed by atoms with Gasteiger partial charge < -0.3 is 15.1 Å². The van der Waals surface area contributed by atoms with Crippen LogP contribution < -0.4 is 5.32 Å². The van der Waals surface area contributed by atoms with Gasteiger partial charge in [0.2, 0.25) is 11.8 Å². The van der Waals surface area contributed by atoms with E-state index in [0.29, 0.717) is 25.2 Å². The van der Waals surface area contributed by atoms with Gasteiger partial charge in [0.25, 0.3) is 5.91 Å². The second-order valence-electron chi connectivity index (χ2n) is 7.45. The number of nitrogens with zero attached hydrogens (tertiary/aromatic N) is 2. The van der Waals surface area contributed by atoms with Gasteiger partial charge in [-0.1, -0.05) is 24.3 Å². The number of fused-ring (bicyclic) bond motifs is 1. The summed E-state index contributed by atoms with van der Waals surface area (Å²) in [4.78, 5) is 40.4. The van der Waals surface area contributed by atoms with Gasteiger partial charge in [-0.25, -0.2) is 4.39 Å². The van der Waals surface area contributed by atoms with Gasteiger partial charge in [-0.15, -0.1) is 0 Å². The van der Waals surface area contributed by atoms with Gasteiger partial charge in [-0.2, -0.15) is 0 Å². The van der Waals surface area contributed by atoms with Crippen molar-refractivity contribution in [1.29, 1.82) is 0 Å². The molecule has 2 aromatic rings. The summed E-state index contributed by atoms with van der Waals surface area (Å²) in [7, 11) is 0. The Hall–Kier alpha value is -3.22. The Balaban J connectivity index is 1.35. The molecule has 150 valence electrons. The van der Waals surface area contributed by atoms with Crippen LogP contribution in [0.25, 0.3) is 0 Å². The highest BCUT2D eigenvalue weighted by atomic mass is 19.1. The average molecular weight is 395 g/mol. The summed E-state index contributed by atoms with van der Waals surface area (Å²) < 4.78 is 12.9. The lowest BCUT2D eigenvalue weighted by Gasteiger charge is -2.36. The van der Waals surface area contributed by atoms with Gasteiger partial charge in [0, 0.05) is 25.2 Å². The summed E-state index contributed by atoms with van der Waals surface area (Å²) in [5.74, 6) is -0.538. The predicted octanol–water partition coefficient (Wildman–Crippen LogP) is 2.09. The highest BCUT2D eigenvalue weighted by Crippen LogP contribution is 2.24. The first-order valence-corrected chi connectivity index (χ1v) is 9.71. The van der Waals surface area contributed by atoms with Crippen LogP contribution in [0.3, 0.4) is 0 Å². The van der Waals surface area contributed by atoms with E-state index in [2.05, 4.69) is 5.32 Å². The third-order valence-electron chi connectivity index (χ3n) is 5.45. The van der Waals surface area contributed by atoms with Crippen LogP contribution in [0.1, 0.15) is 34.3 Å². The third-order valence-corrected chi connectivity index (χ3v) is 5.45. The molecule has 2 aromatic carbocycles. The number of piperazine rings is 1. The summed E-state index contributed by atoms with van der Waals surface area (Å²) in [5, 5.41) is 2.80. The smallest absolute Gasteiger partial charge is 0.251 e. The molecule has 0 radical (unpaired) electrons. The number of rotatable bonds is 5. The molecule has 1 N–H and O–H groups in total. The molecular weight excluding hydrogens is 373 g/mol. The van der Waals surface area contributed by atoms with Crippen molar-refractivity contribution in [2.45, 2.75) is 32.0 Å². The Morgan fingerprint density at radius 1 is 1.03 bits per heavy atom. The highest BCUT2D eigenvalue weighted by Gasteiger charge is 2.41. The predicted molar refractivity (Wildman–Crippen MR) is 104 cm³/mol. The number of hydrogen-bond donors (Lipinski definition) is 1. The molecule has 1 atom stereocenters. The fourth-order valence-corrected chi connectivity index (χ4v) is 3.87. The van der Waals surface area contributed by atoms with E-state index in [9.17, 15) is 18.8 Å². The summed E-state index contributed by atoms with van der Waals surface area (Å²) >= 11 is 0. The maximum atomic E-state index is 12.9. The molecule has 7 heteroatoms. The summed E-state index contributed by atoms with van der Waals surface area (Å²) in [6, 6.07) is 12.6. The molecule has 0 saturated carbocycles. The second-order valence-corrected chi connectivity index (χ2v) is 7.45. The number of halogens is 1. The Kier molecular flexibility index (Phi) is 5.29. The molecule has 4 rings (SSSR count). The van der Waals surface area contributed by atoms with Gasteiger partial charge in [-0.05, 0) is 48.2 Å². The number of nitrogens with one attached hydrogen (secondary N) is 1. The second kappa shape index (κ2) is 8.03. The standard InChI is InChI=1S/C22H22FN3O3/c23-18-9-5-15(6-10-18)12-24-21(28)17-7-3-16(4-8-17)13-25-14-20(27)26-11-1-2-19(26)22(25)29/h3-10,19H,1-2,11-14H2,(H,24,28). The monoisotopic (exact) mass is 395 g/mol. The third kappa shape index (κ3) is 4.13. The molecule has 6 nitrogen and oxygen atoms in total. The maximum absolute atomic E-state index is 12.9. The van der Waals surface area contributed by atoms with E-state index in [1.807, 2.05) is 0 Å². The number of benzene rings is 2. The van der Waals surface area contributed by atoms with Crippen LogP contribution in [0.15, 0.2) is 48.5 Å². The fourth-order valence-electron chi connectivity index (χ4n) is 3.87. The van der Waals surface area contributed by atoms with Crippen molar-refractivity contribution in [1.82, 2.24) is 15.1 Å². The van der Waals surface area contributed by atoms with Crippen LogP contribution in [-0.2, 0) is 22.7 Å². The first-order chi connectivity index (χ1) is 14.0. The lowest BCUT2D eigenvalue weighted by atomic mass is 10.1. The molecule has 2 saturated heterocycles. The number of carbonyl (C=O) groups is 3. The molecule has 0 spiro atoms. The van der Waals surface area contributed by atoms with Crippen molar-refractivity contribution >= 4 is 17.7 Å². The van der Waals surface area contributed by atoms with Crippen LogP contribution >= 0.6 is 0 Å². The largest absolute Gasteiger partial charge is 0.348 e. The summed E-state index contributed by atoms with van der Waals surface area (Å²) in [6.07, 6.45) is 1.60. The van der Waals surface area contributed by atoms with E-state index in [-0.39, 0.29) is 36.1 Å². The molecule has 29 heavy (non-hydrogen) atoms. The number of carbonyl (C=O) groups excluding carboxylic acids is 3. The topological polar surface area (TPSA) is 69.7 Å². The molecule has 2 fully saturated rings. The van der Waals surface area contributed by atoms with E-state index in [4.69, 9.17) is 0 Å². The van der Waals surface area contributed by atoms with Crippen LogP contribution in [0, 0.1) is 5.82 Å². The minimum atomic E-state index is -0.315. The first kappa shape index (κ1) is 19.1. The van der Waals surface area contributed by atoms with E-state index in [1.165, 1.54) is 12.1 Å². The van der Waals surface area contributed by atoms with Gasteiger partial charge >= 0.3 is 0 Å². The Morgan fingerprint density at radius 3 is 2.45 bits per heavy atom. The van der Waals surface area contributed by atoms with Crippen LogP contribution in [0.5, 0.6) is 0 Å². The molecule has 2 aliphatic rings. The Labute approximate surface area is 168 Å². The van der Waals surface area contributed by atoms with Crippen LogP contribution in [0.4, 0.5) is 4.39 Å². The molecular formula is C22H22FN3O3. The van der Waals surface area contributed by atoms with Crippen molar-refractivity contribution in [3.05, 3.63) is 71.0 Å². The SMILES string of the molecule is O=C(NCc1ccc(F)cc1)c1ccc(CN2CC(=O)N3CCCC3C2=O)cc1. The first-order valence-electron chi connectivity index (χ1n) is 9.71. The van der Waals surface area contributed by atoms with E-state index in [0.717, 1.165) is 24.0 Å². The molecule has 0 bridgehead atoms. The zero-order chi connectivity index (χ0) is 20.4. The van der Waals surface area contributed by atoms with Gasteiger partial charge in [0.05, 0.1) is 0 Å². The molecule has 2 heterocycles.